The van der Waals surface area contributed by atoms with Crippen molar-refractivity contribution in [1.29, 1.82) is 0 Å². The Labute approximate surface area is 202 Å². The number of carbonyl (C=O) groups excluding carboxylic acids is 2. The van der Waals surface area contributed by atoms with E-state index in [1.54, 1.807) is 48.6 Å². The first-order valence-corrected chi connectivity index (χ1v) is 10.9. The fourth-order valence-electron chi connectivity index (χ4n) is 2.49. The molecule has 0 unspecified atom stereocenters. The van der Waals surface area contributed by atoms with E-state index in [4.69, 9.17) is 46.4 Å². The maximum atomic E-state index is 12.1. The molecule has 4 nitrogen and oxygen atoms in total. The van der Waals surface area contributed by atoms with Crippen LogP contribution in [0.4, 0.5) is 0 Å². The molecule has 0 aliphatic carbocycles. The zero-order valence-corrected chi connectivity index (χ0v) is 20.0. The summed E-state index contributed by atoms with van der Waals surface area (Å²) in [7, 11) is 0. The van der Waals surface area contributed by atoms with Crippen LogP contribution in [0.15, 0.2) is 48.6 Å². The molecule has 0 atom stereocenters. The number of rotatable bonds is 8. The molecule has 2 aromatic rings. The summed E-state index contributed by atoms with van der Waals surface area (Å²) in [5.41, 5.74) is 0.785. The van der Waals surface area contributed by atoms with Gasteiger partial charge in [-0.3, -0.25) is 9.59 Å². The van der Waals surface area contributed by atoms with Crippen LogP contribution in [0.5, 0.6) is 0 Å². The van der Waals surface area contributed by atoms with Gasteiger partial charge in [0, 0.05) is 56.5 Å². The molecule has 0 aliphatic rings. The first-order valence-electron chi connectivity index (χ1n) is 9.39. The number of hydrogen-bond acceptors (Lipinski definition) is 2. The SMILES string of the molecule is CC(C)(CNC(=O)C=Cc1c(Cl)cccc1Cl)CNC(=O)C=Cc1c(Cl)cccc1Cl. The van der Waals surface area contributed by atoms with E-state index in [-0.39, 0.29) is 17.2 Å². The van der Waals surface area contributed by atoms with E-state index < -0.39 is 0 Å². The van der Waals surface area contributed by atoms with E-state index in [2.05, 4.69) is 10.6 Å². The first kappa shape index (κ1) is 25.3. The van der Waals surface area contributed by atoms with Gasteiger partial charge in [-0.1, -0.05) is 72.4 Å². The topological polar surface area (TPSA) is 58.2 Å². The van der Waals surface area contributed by atoms with Crippen molar-refractivity contribution in [3.8, 4) is 0 Å². The van der Waals surface area contributed by atoms with Gasteiger partial charge >= 0.3 is 0 Å². The lowest BCUT2D eigenvalue weighted by atomic mass is 9.93. The molecule has 0 saturated carbocycles. The molecular formula is C23H22Cl4N2O2. The number of nitrogens with one attached hydrogen (secondary N) is 2. The molecule has 2 rings (SSSR count). The molecule has 0 aromatic heterocycles. The summed E-state index contributed by atoms with van der Waals surface area (Å²) in [4.78, 5) is 24.3. The van der Waals surface area contributed by atoms with Gasteiger partial charge in [0.05, 0.1) is 0 Å². The van der Waals surface area contributed by atoms with Crippen LogP contribution >= 0.6 is 46.4 Å². The molecule has 0 fully saturated rings. The van der Waals surface area contributed by atoms with Crippen LogP contribution in [-0.2, 0) is 9.59 Å². The summed E-state index contributed by atoms with van der Waals surface area (Å²) in [5, 5.41) is 7.48. The molecule has 2 amide bonds. The third-order valence-corrected chi connectivity index (χ3v) is 5.60. The number of amides is 2. The summed E-state index contributed by atoms with van der Waals surface area (Å²) in [5.74, 6) is -0.577. The Balaban J connectivity index is 1.84. The highest BCUT2D eigenvalue weighted by Gasteiger charge is 2.19. The Morgan fingerprint density at radius 1 is 0.742 bits per heavy atom. The van der Waals surface area contributed by atoms with Crippen molar-refractivity contribution in [2.75, 3.05) is 13.1 Å². The average Bonchev–Trinajstić information content (AvgIpc) is 2.70. The van der Waals surface area contributed by atoms with E-state index in [9.17, 15) is 9.59 Å². The van der Waals surface area contributed by atoms with Gasteiger partial charge in [-0.25, -0.2) is 0 Å². The number of halogens is 4. The lowest BCUT2D eigenvalue weighted by Crippen LogP contribution is -2.41. The van der Waals surface area contributed by atoms with Crippen LogP contribution in [0, 0.1) is 5.41 Å². The highest BCUT2D eigenvalue weighted by atomic mass is 35.5. The molecule has 8 heteroatoms. The third kappa shape index (κ3) is 8.23. The Hall–Kier alpha value is -1.98. The number of benzene rings is 2. The summed E-state index contributed by atoms with van der Waals surface area (Å²) in [6.45, 7) is 4.56. The zero-order chi connectivity index (χ0) is 23.0. The standard InChI is InChI=1S/C23H22Cl4N2O2/c1-23(2,13-28-21(30)11-9-15-17(24)5-3-6-18(15)25)14-29-22(31)12-10-16-19(26)7-4-8-20(16)27/h3-12H,13-14H2,1-2H3,(H,28,30)(H,29,31). The molecule has 0 aliphatic heterocycles. The predicted octanol–water partition coefficient (Wildman–Crippen LogP) is 6.29. The first-order chi connectivity index (χ1) is 14.6. The third-order valence-electron chi connectivity index (χ3n) is 4.28. The highest BCUT2D eigenvalue weighted by Crippen LogP contribution is 2.26. The van der Waals surface area contributed by atoms with Gasteiger partial charge in [-0.15, -0.1) is 0 Å². The van der Waals surface area contributed by atoms with Gasteiger partial charge in [-0.2, -0.15) is 0 Å². The van der Waals surface area contributed by atoms with Crippen molar-refractivity contribution in [1.82, 2.24) is 10.6 Å². The summed E-state index contributed by atoms with van der Waals surface area (Å²) in [6, 6.07) is 10.3. The Kier molecular flexibility index (Phi) is 9.45. The van der Waals surface area contributed by atoms with Crippen LogP contribution in [0.1, 0.15) is 25.0 Å². The van der Waals surface area contributed by atoms with E-state index in [0.717, 1.165) is 0 Å². The molecule has 31 heavy (non-hydrogen) atoms. The van der Waals surface area contributed by atoms with E-state index in [1.807, 2.05) is 13.8 Å². The fraction of sp³-hybridized carbons (Fsp3) is 0.217. The molecule has 0 radical (unpaired) electrons. The van der Waals surface area contributed by atoms with Crippen molar-refractivity contribution in [2.24, 2.45) is 5.41 Å². The maximum Gasteiger partial charge on any atom is 0.244 e. The van der Waals surface area contributed by atoms with Crippen LogP contribution in [0.3, 0.4) is 0 Å². The molecule has 2 aromatic carbocycles. The largest absolute Gasteiger partial charge is 0.352 e. The monoisotopic (exact) mass is 498 g/mol. The second-order valence-electron chi connectivity index (χ2n) is 7.54. The molecular weight excluding hydrogens is 478 g/mol. The van der Waals surface area contributed by atoms with Gasteiger partial charge < -0.3 is 10.6 Å². The highest BCUT2D eigenvalue weighted by molar-refractivity contribution is 6.37. The number of hydrogen-bond donors (Lipinski definition) is 2. The van der Waals surface area contributed by atoms with Crippen molar-refractivity contribution in [3.63, 3.8) is 0 Å². The second kappa shape index (κ2) is 11.6. The van der Waals surface area contributed by atoms with Gasteiger partial charge in [-0.05, 0) is 41.8 Å². The fourth-order valence-corrected chi connectivity index (χ4v) is 3.54. The molecule has 2 N–H and O–H groups in total. The molecule has 0 bridgehead atoms. The van der Waals surface area contributed by atoms with Crippen LogP contribution < -0.4 is 10.6 Å². The Bertz CT molecular complexity index is 897. The normalized spacial score (nSPS) is 11.8. The minimum Gasteiger partial charge on any atom is -0.352 e. The van der Waals surface area contributed by atoms with E-state index in [1.165, 1.54) is 12.2 Å². The lowest BCUT2D eigenvalue weighted by Gasteiger charge is -2.24. The smallest absolute Gasteiger partial charge is 0.244 e. The minimum absolute atomic E-state index is 0.288. The quantitative estimate of drug-likeness (QED) is 0.419. The van der Waals surface area contributed by atoms with Crippen LogP contribution in [0.2, 0.25) is 20.1 Å². The minimum atomic E-state index is -0.378. The van der Waals surface area contributed by atoms with Crippen molar-refractivity contribution >= 4 is 70.4 Å². The Morgan fingerprint density at radius 2 is 1.06 bits per heavy atom. The molecule has 0 spiro atoms. The average molecular weight is 500 g/mol. The Morgan fingerprint density at radius 3 is 1.39 bits per heavy atom. The van der Waals surface area contributed by atoms with Gasteiger partial charge in [0.15, 0.2) is 0 Å². The van der Waals surface area contributed by atoms with Gasteiger partial charge in [0.25, 0.3) is 0 Å². The van der Waals surface area contributed by atoms with Gasteiger partial charge in [0.2, 0.25) is 11.8 Å². The van der Waals surface area contributed by atoms with E-state index >= 15 is 0 Å². The summed E-state index contributed by atoms with van der Waals surface area (Å²) in [6.07, 6.45) is 5.88. The summed E-state index contributed by atoms with van der Waals surface area (Å²) >= 11 is 24.4. The second-order valence-corrected chi connectivity index (χ2v) is 9.17. The molecule has 164 valence electrons. The van der Waals surface area contributed by atoms with Crippen molar-refractivity contribution < 1.29 is 9.59 Å². The molecule has 0 saturated heterocycles. The van der Waals surface area contributed by atoms with Crippen molar-refractivity contribution in [3.05, 3.63) is 79.8 Å². The molecule has 0 heterocycles. The lowest BCUT2D eigenvalue weighted by molar-refractivity contribution is -0.116. The van der Waals surface area contributed by atoms with Crippen LogP contribution in [-0.4, -0.2) is 24.9 Å². The van der Waals surface area contributed by atoms with Gasteiger partial charge in [0.1, 0.15) is 0 Å². The van der Waals surface area contributed by atoms with Crippen molar-refractivity contribution in [2.45, 2.75) is 13.8 Å². The predicted molar refractivity (Wildman–Crippen MR) is 131 cm³/mol. The zero-order valence-electron chi connectivity index (χ0n) is 17.0. The van der Waals surface area contributed by atoms with Crippen LogP contribution in [0.25, 0.3) is 12.2 Å². The van der Waals surface area contributed by atoms with E-state index in [0.29, 0.717) is 44.3 Å². The summed E-state index contributed by atoms with van der Waals surface area (Å²) < 4.78 is 0. The maximum absolute atomic E-state index is 12.1. The number of carbonyl (C=O) groups is 2.